The highest BCUT2D eigenvalue weighted by Gasteiger charge is 2.44. The molecule has 1 atom stereocenters. The maximum atomic E-state index is 12.7. The van der Waals surface area contributed by atoms with Gasteiger partial charge in [-0.15, -0.1) is 12.4 Å². The van der Waals surface area contributed by atoms with Gasteiger partial charge in [-0.25, -0.2) is 0 Å². The van der Waals surface area contributed by atoms with Crippen LogP contribution >= 0.6 is 12.4 Å². The largest absolute Gasteiger partial charge is 0.496 e. The van der Waals surface area contributed by atoms with Crippen molar-refractivity contribution in [2.75, 3.05) is 33.4 Å². The van der Waals surface area contributed by atoms with Crippen molar-refractivity contribution >= 4 is 24.2 Å². The first kappa shape index (κ1) is 25.8. The highest BCUT2D eigenvalue weighted by atomic mass is 35.5. The lowest BCUT2D eigenvalue weighted by molar-refractivity contribution is -0.153. The number of piperidine rings is 1. The fourth-order valence-electron chi connectivity index (χ4n) is 5.90. The number of halogens is 1. The Hall–Kier alpha value is -1.79. The molecule has 6 nitrogen and oxygen atoms in total. The Morgan fingerprint density at radius 3 is 2.52 bits per heavy atom. The smallest absolute Gasteiger partial charge is 0.229 e. The molecule has 33 heavy (non-hydrogen) atoms. The SMILES string of the molecule is CCCN(CCCCN1C(=O)CC2(CCCC2)CC1=O)[C@H]1COc2cccc(OC)c2C1.Cl. The minimum absolute atomic E-state index is 0. The molecule has 0 radical (unpaired) electrons. The van der Waals surface area contributed by atoms with E-state index in [4.69, 9.17) is 9.47 Å². The van der Waals surface area contributed by atoms with E-state index in [0.29, 0.717) is 32.0 Å². The summed E-state index contributed by atoms with van der Waals surface area (Å²) in [4.78, 5) is 29.4. The van der Waals surface area contributed by atoms with Crippen LogP contribution in [0.15, 0.2) is 18.2 Å². The van der Waals surface area contributed by atoms with Gasteiger partial charge in [-0.2, -0.15) is 0 Å². The van der Waals surface area contributed by atoms with Crippen LogP contribution in [0.3, 0.4) is 0 Å². The normalized spacial score (nSPS) is 21.7. The summed E-state index contributed by atoms with van der Waals surface area (Å²) in [6.07, 6.45) is 9.39. The molecule has 0 aromatic heterocycles. The van der Waals surface area contributed by atoms with Gasteiger partial charge in [0.05, 0.1) is 7.11 Å². The molecule has 7 heteroatoms. The highest BCUT2D eigenvalue weighted by molar-refractivity contribution is 5.98. The molecule has 2 fully saturated rings. The lowest BCUT2D eigenvalue weighted by atomic mass is 9.76. The third-order valence-electron chi connectivity index (χ3n) is 7.60. The zero-order valence-corrected chi connectivity index (χ0v) is 21.0. The van der Waals surface area contributed by atoms with Crippen LogP contribution in [0, 0.1) is 5.41 Å². The first-order valence-corrected chi connectivity index (χ1v) is 12.4. The fourth-order valence-corrected chi connectivity index (χ4v) is 5.90. The maximum Gasteiger partial charge on any atom is 0.229 e. The molecule has 1 aromatic carbocycles. The number of hydrogen-bond acceptors (Lipinski definition) is 5. The van der Waals surface area contributed by atoms with Crippen LogP contribution in [0.5, 0.6) is 11.5 Å². The maximum absolute atomic E-state index is 12.7. The molecule has 3 aliphatic rings. The van der Waals surface area contributed by atoms with Crippen molar-refractivity contribution in [3.63, 3.8) is 0 Å². The number of carbonyl (C=O) groups excluding carboxylic acids is 2. The highest BCUT2D eigenvalue weighted by Crippen LogP contribution is 2.46. The van der Waals surface area contributed by atoms with Gasteiger partial charge in [0.25, 0.3) is 0 Å². The van der Waals surface area contributed by atoms with E-state index in [9.17, 15) is 9.59 Å². The molecule has 4 rings (SSSR count). The number of likely N-dealkylation sites (tertiary alicyclic amines) is 1. The predicted octanol–water partition coefficient (Wildman–Crippen LogP) is 4.62. The molecule has 2 aliphatic heterocycles. The van der Waals surface area contributed by atoms with Crippen molar-refractivity contribution in [1.82, 2.24) is 9.80 Å². The molecule has 2 amide bonds. The minimum Gasteiger partial charge on any atom is -0.496 e. The number of benzene rings is 1. The third-order valence-corrected chi connectivity index (χ3v) is 7.60. The first-order valence-electron chi connectivity index (χ1n) is 12.4. The average molecular weight is 479 g/mol. The molecule has 1 saturated carbocycles. The number of amides is 2. The van der Waals surface area contributed by atoms with Gasteiger partial charge in [0.15, 0.2) is 0 Å². The van der Waals surface area contributed by atoms with E-state index in [1.807, 2.05) is 18.2 Å². The van der Waals surface area contributed by atoms with Crippen molar-refractivity contribution in [2.24, 2.45) is 5.41 Å². The molecule has 0 bridgehead atoms. The van der Waals surface area contributed by atoms with Crippen molar-refractivity contribution < 1.29 is 19.1 Å². The summed E-state index contributed by atoms with van der Waals surface area (Å²) in [5.74, 6) is 1.93. The number of ether oxygens (including phenoxy) is 2. The molecule has 1 aromatic rings. The van der Waals surface area contributed by atoms with Gasteiger partial charge < -0.3 is 9.47 Å². The topological polar surface area (TPSA) is 59.1 Å². The van der Waals surface area contributed by atoms with Gasteiger partial charge in [-0.1, -0.05) is 25.8 Å². The Labute approximate surface area is 204 Å². The first-order chi connectivity index (χ1) is 15.5. The number of fused-ring (bicyclic) bond motifs is 1. The second kappa shape index (κ2) is 11.6. The third kappa shape index (κ3) is 5.83. The molecule has 1 aliphatic carbocycles. The Bertz CT molecular complexity index is 790. The standard InChI is InChI=1S/C26H38N2O4.ClH/c1-3-13-27(20-16-21-22(31-2)9-8-10-23(21)32-19-20)14-6-7-15-28-24(29)17-26(18-25(28)30)11-4-5-12-26;/h8-10,20H,3-7,11-19H2,1-2H3;1H/t20-;/m1./s1. The lowest BCUT2D eigenvalue weighted by Gasteiger charge is -2.37. The summed E-state index contributed by atoms with van der Waals surface area (Å²) >= 11 is 0. The van der Waals surface area contributed by atoms with E-state index < -0.39 is 0 Å². The number of carbonyl (C=O) groups is 2. The number of unbranched alkanes of at least 4 members (excludes halogenated alkanes) is 1. The molecule has 1 spiro atoms. The number of hydrogen-bond donors (Lipinski definition) is 0. The monoisotopic (exact) mass is 478 g/mol. The molecule has 184 valence electrons. The van der Waals surface area contributed by atoms with Gasteiger partial charge in [-0.05, 0) is 69.2 Å². The van der Waals surface area contributed by atoms with Crippen molar-refractivity contribution in [3.8, 4) is 11.5 Å². The van der Waals surface area contributed by atoms with E-state index in [-0.39, 0.29) is 29.6 Å². The zero-order valence-electron chi connectivity index (χ0n) is 20.1. The van der Waals surface area contributed by atoms with E-state index >= 15 is 0 Å². The molecule has 2 heterocycles. The molecule has 0 unspecified atom stereocenters. The predicted molar refractivity (Wildman–Crippen MR) is 131 cm³/mol. The van der Waals surface area contributed by atoms with Crippen LogP contribution < -0.4 is 9.47 Å². The van der Waals surface area contributed by atoms with Gasteiger partial charge >= 0.3 is 0 Å². The zero-order chi connectivity index (χ0) is 22.6. The van der Waals surface area contributed by atoms with Gasteiger partial charge in [0.2, 0.25) is 11.8 Å². The average Bonchev–Trinajstić information content (AvgIpc) is 3.23. The Morgan fingerprint density at radius 2 is 1.85 bits per heavy atom. The van der Waals surface area contributed by atoms with Crippen molar-refractivity contribution in [2.45, 2.75) is 77.2 Å². The van der Waals surface area contributed by atoms with Crippen LogP contribution in [0.1, 0.15) is 70.3 Å². The number of imide groups is 1. The quantitative estimate of drug-likeness (QED) is 0.383. The van der Waals surface area contributed by atoms with Crippen LogP contribution in [0.25, 0.3) is 0 Å². The van der Waals surface area contributed by atoms with E-state index in [1.165, 1.54) is 0 Å². The van der Waals surface area contributed by atoms with Crippen LogP contribution in [-0.4, -0.2) is 61.0 Å². The number of rotatable bonds is 9. The van der Waals surface area contributed by atoms with E-state index in [0.717, 1.165) is 81.5 Å². The summed E-state index contributed by atoms with van der Waals surface area (Å²) in [5.41, 5.74) is 1.14. The van der Waals surface area contributed by atoms with E-state index in [1.54, 1.807) is 12.0 Å². The minimum atomic E-state index is -0.0130. The van der Waals surface area contributed by atoms with Crippen LogP contribution in [0.4, 0.5) is 0 Å². The lowest BCUT2D eigenvalue weighted by Crippen LogP contribution is -2.47. The van der Waals surface area contributed by atoms with Gasteiger partial charge in [-0.3, -0.25) is 19.4 Å². The van der Waals surface area contributed by atoms with Crippen LogP contribution in [-0.2, 0) is 16.0 Å². The summed E-state index contributed by atoms with van der Waals surface area (Å²) < 4.78 is 11.6. The van der Waals surface area contributed by atoms with E-state index in [2.05, 4.69) is 11.8 Å². The fraction of sp³-hybridized carbons (Fsp3) is 0.692. The second-order valence-corrected chi connectivity index (χ2v) is 9.85. The molecular formula is C26H39ClN2O4. The Morgan fingerprint density at radius 1 is 1.12 bits per heavy atom. The summed E-state index contributed by atoms with van der Waals surface area (Å²) in [5, 5.41) is 0. The van der Waals surface area contributed by atoms with Gasteiger partial charge in [0, 0.05) is 31.0 Å². The second-order valence-electron chi connectivity index (χ2n) is 9.85. The Balaban J connectivity index is 0.00000306. The van der Waals surface area contributed by atoms with Crippen molar-refractivity contribution in [3.05, 3.63) is 23.8 Å². The molecular weight excluding hydrogens is 440 g/mol. The number of methoxy groups -OCH3 is 1. The summed E-state index contributed by atoms with van der Waals surface area (Å²) in [7, 11) is 1.71. The summed E-state index contributed by atoms with van der Waals surface area (Å²) in [6, 6.07) is 6.30. The van der Waals surface area contributed by atoms with Crippen LogP contribution in [0.2, 0.25) is 0 Å². The summed E-state index contributed by atoms with van der Waals surface area (Å²) in [6.45, 7) is 5.42. The van der Waals surface area contributed by atoms with Gasteiger partial charge in [0.1, 0.15) is 18.1 Å². The molecule has 1 saturated heterocycles. The Kier molecular flexibility index (Phi) is 9.05. The number of nitrogens with zero attached hydrogens (tertiary/aromatic N) is 2. The molecule has 0 N–H and O–H groups in total. The van der Waals surface area contributed by atoms with Crippen molar-refractivity contribution in [1.29, 1.82) is 0 Å².